The Morgan fingerprint density at radius 1 is 0.459 bits per heavy atom. The van der Waals surface area contributed by atoms with Crippen LogP contribution in [-0.2, 0) is 5.41 Å². The molecule has 14 rings (SSSR count). The lowest BCUT2D eigenvalue weighted by Crippen LogP contribution is -2.25. The van der Waals surface area contributed by atoms with Gasteiger partial charge in [0, 0.05) is 45.9 Å². The Labute approximate surface area is 429 Å². The van der Waals surface area contributed by atoms with Crippen LogP contribution in [0.15, 0.2) is 241 Å². The van der Waals surface area contributed by atoms with Gasteiger partial charge in [-0.25, -0.2) is 4.98 Å². The molecule has 0 bridgehead atoms. The molecule has 0 amide bonds. The summed E-state index contributed by atoms with van der Waals surface area (Å²) in [5.74, 6) is 2.28. The fourth-order valence-electron chi connectivity index (χ4n) is 11.3. The number of hydrogen-bond donors (Lipinski definition) is 0. The largest absolute Gasteiger partial charge is 0.457 e. The first-order valence-electron chi connectivity index (χ1n) is 25.4. The summed E-state index contributed by atoms with van der Waals surface area (Å²) in [5.41, 5.74) is 16.2. The number of benzene rings is 10. The van der Waals surface area contributed by atoms with E-state index < -0.39 is 0 Å². The number of para-hydroxylation sites is 3. The molecule has 0 aliphatic carbocycles. The molecule has 354 valence electrons. The highest BCUT2D eigenvalue weighted by Crippen LogP contribution is 2.51. The second-order valence-electron chi connectivity index (χ2n) is 20.3. The first-order chi connectivity index (χ1) is 36.3. The van der Waals surface area contributed by atoms with E-state index >= 15 is 0 Å². The number of hydrogen-bond acceptors (Lipinski definition) is 5. The zero-order chi connectivity index (χ0) is 49.5. The number of anilines is 4. The Balaban J connectivity index is 0.879. The third-order valence-corrected chi connectivity index (χ3v) is 14.8. The van der Waals surface area contributed by atoms with Crippen LogP contribution in [0.3, 0.4) is 0 Å². The molecule has 6 nitrogen and oxygen atoms in total. The van der Waals surface area contributed by atoms with Crippen molar-refractivity contribution in [3.63, 3.8) is 0 Å². The van der Waals surface area contributed by atoms with Crippen LogP contribution in [0, 0.1) is 0 Å². The number of aromatic nitrogens is 2. The predicted molar refractivity (Wildman–Crippen MR) is 307 cm³/mol. The molecule has 1 aliphatic rings. The highest BCUT2D eigenvalue weighted by Gasteiger charge is 2.32. The van der Waals surface area contributed by atoms with Gasteiger partial charge in [0.1, 0.15) is 35.1 Å². The molecule has 1 aliphatic heterocycles. The summed E-state index contributed by atoms with van der Waals surface area (Å²) in [6.45, 7) is 7.32. The normalized spacial score (nSPS) is 12.7. The lowest BCUT2D eigenvalue weighted by Gasteiger charge is -2.27. The minimum atomic E-state index is -0.0879. The van der Waals surface area contributed by atoms with E-state index in [1.807, 2.05) is 12.3 Å². The van der Waals surface area contributed by atoms with Gasteiger partial charge in [-0.2, -0.15) is 0 Å². The van der Waals surface area contributed by atoms with Gasteiger partial charge in [-0.05, 0) is 104 Å². The highest BCUT2D eigenvalue weighted by molar-refractivity contribution is 6.32. The number of furan rings is 1. The van der Waals surface area contributed by atoms with Crippen LogP contribution >= 0.6 is 0 Å². The van der Waals surface area contributed by atoms with E-state index in [9.17, 15) is 0 Å². The SMILES string of the molecule is CC(C)(C)c1ccnc(-n2c3cc(Oc4cccc(N5CN(c6c(-c7ccccc7)cccc6-c6cccc(-c7ccccc7)c6)c6ccccc65)c4)ccc3c3oc4c5ccccc5c5ccccc5c4c32)c1. The molecule has 0 unspecified atom stereocenters. The fraction of sp³-hybridized carbons (Fsp3) is 0.0735. The smallest absolute Gasteiger partial charge is 0.161 e. The molecular weight excluding hydrogens is 905 g/mol. The van der Waals surface area contributed by atoms with Crippen molar-refractivity contribution in [2.45, 2.75) is 26.2 Å². The minimum Gasteiger partial charge on any atom is -0.457 e. The van der Waals surface area contributed by atoms with Crippen LogP contribution in [-0.4, -0.2) is 16.2 Å². The molecular formula is C68H50N4O2. The second-order valence-corrected chi connectivity index (χ2v) is 20.3. The van der Waals surface area contributed by atoms with E-state index in [2.05, 4.69) is 260 Å². The van der Waals surface area contributed by atoms with Crippen LogP contribution in [0.4, 0.5) is 22.7 Å². The van der Waals surface area contributed by atoms with Crippen molar-refractivity contribution in [3.8, 4) is 50.7 Å². The van der Waals surface area contributed by atoms with Crippen molar-refractivity contribution < 1.29 is 9.15 Å². The van der Waals surface area contributed by atoms with E-state index in [-0.39, 0.29) is 5.41 Å². The van der Waals surface area contributed by atoms with E-state index in [1.165, 1.54) is 44.2 Å². The molecule has 0 N–H and O–H groups in total. The predicted octanol–water partition coefficient (Wildman–Crippen LogP) is 18.6. The zero-order valence-corrected chi connectivity index (χ0v) is 41.3. The molecule has 0 radical (unpaired) electrons. The summed E-state index contributed by atoms with van der Waals surface area (Å²) in [7, 11) is 0. The highest BCUT2D eigenvalue weighted by atomic mass is 16.5. The maximum atomic E-state index is 7.08. The minimum absolute atomic E-state index is 0.0879. The summed E-state index contributed by atoms with van der Waals surface area (Å²) in [5, 5.41) is 6.65. The summed E-state index contributed by atoms with van der Waals surface area (Å²) in [6.07, 6.45) is 1.93. The van der Waals surface area contributed by atoms with Crippen molar-refractivity contribution in [2.24, 2.45) is 0 Å². The molecule has 0 saturated heterocycles. The quantitative estimate of drug-likeness (QED) is 0.142. The first-order valence-corrected chi connectivity index (χ1v) is 25.4. The maximum Gasteiger partial charge on any atom is 0.161 e. The van der Waals surface area contributed by atoms with Gasteiger partial charge >= 0.3 is 0 Å². The van der Waals surface area contributed by atoms with Crippen molar-refractivity contribution in [3.05, 3.63) is 242 Å². The standard InChI is InChI=1S/C68H50N4O2/c1-68(2,3)48-37-38-69-62(40-48)72-61-42-51(35-36-58(61)67-65(72)63-56-29-12-10-27-54(56)55-28-11-13-30-57(55)66(63)74-67)73-50-26-17-25-49(41-50)70-43-71(60-34-15-14-33-59(60)70)64-52(45-21-8-5-9-22-45)31-18-32-53(64)47-24-16-23-46(39-47)44-19-6-4-7-20-44/h4-42H,43H2,1-3H3. The summed E-state index contributed by atoms with van der Waals surface area (Å²) in [4.78, 5) is 9.94. The second kappa shape index (κ2) is 17.1. The molecule has 4 heterocycles. The van der Waals surface area contributed by atoms with Gasteiger partial charge < -0.3 is 19.0 Å². The van der Waals surface area contributed by atoms with Gasteiger partial charge in [-0.15, -0.1) is 0 Å². The molecule has 0 saturated carbocycles. The van der Waals surface area contributed by atoms with Gasteiger partial charge in [-0.3, -0.25) is 4.57 Å². The fourth-order valence-corrected chi connectivity index (χ4v) is 11.3. The van der Waals surface area contributed by atoms with Crippen molar-refractivity contribution in [2.75, 3.05) is 16.5 Å². The van der Waals surface area contributed by atoms with Gasteiger partial charge in [0.05, 0.1) is 28.0 Å². The van der Waals surface area contributed by atoms with Gasteiger partial charge in [0.15, 0.2) is 5.58 Å². The molecule has 74 heavy (non-hydrogen) atoms. The lowest BCUT2D eigenvalue weighted by atomic mass is 9.88. The molecule has 10 aromatic carbocycles. The molecule has 3 aromatic heterocycles. The molecule has 0 spiro atoms. The van der Waals surface area contributed by atoms with Gasteiger partial charge in [-0.1, -0.05) is 185 Å². The topological polar surface area (TPSA) is 46.7 Å². The molecule has 0 atom stereocenters. The van der Waals surface area contributed by atoms with Crippen molar-refractivity contribution in [1.82, 2.24) is 9.55 Å². The summed E-state index contributed by atoms with van der Waals surface area (Å²) in [6, 6.07) is 82.1. The third-order valence-electron chi connectivity index (χ3n) is 14.8. The zero-order valence-electron chi connectivity index (χ0n) is 41.3. The number of ether oxygens (including phenoxy) is 1. The number of rotatable bonds is 8. The Bertz CT molecular complexity index is 4320. The van der Waals surface area contributed by atoms with E-state index in [1.54, 1.807) is 0 Å². The van der Waals surface area contributed by atoms with Gasteiger partial charge in [0.25, 0.3) is 0 Å². The Kier molecular flexibility index (Phi) is 10.1. The number of pyridine rings is 1. The maximum absolute atomic E-state index is 7.08. The van der Waals surface area contributed by atoms with Crippen LogP contribution in [0.5, 0.6) is 11.5 Å². The average Bonchev–Trinajstić information content (AvgIpc) is 4.15. The van der Waals surface area contributed by atoms with Crippen LogP contribution in [0.1, 0.15) is 26.3 Å². The molecule has 6 heteroatoms. The average molecular weight is 955 g/mol. The van der Waals surface area contributed by atoms with E-state index in [4.69, 9.17) is 14.1 Å². The van der Waals surface area contributed by atoms with Crippen molar-refractivity contribution in [1.29, 1.82) is 0 Å². The molecule has 0 fully saturated rings. The Morgan fingerprint density at radius 2 is 1.07 bits per heavy atom. The van der Waals surface area contributed by atoms with E-state index in [0.29, 0.717) is 12.4 Å². The summed E-state index contributed by atoms with van der Waals surface area (Å²) >= 11 is 0. The van der Waals surface area contributed by atoms with Crippen LogP contribution in [0.2, 0.25) is 0 Å². The van der Waals surface area contributed by atoms with Crippen LogP contribution in [0.25, 0.3) is 93.7 Å². The number of nitrogens with zero attached hydrogens (tertiary/aromatic N) is 4. The Hall–Kier alpha value is -9.39. The first kappa shape index (κ1) is 43.4. The summed E-state index contributed by atoms with van der Waals surface area (Å²) < 4.78 is 16.3. The van der Waals surface area contributed by atoms with E-state index in [0.717, 1.165) is 83.6 Å². The van der Waals surface area contributed by atoms with Crippen molar-refractivity contribution >= 4 is 77.3 Å². The number of fused-ring (bicyclic) bond motifs is 11. The Morgan fingerprint density at radius 3 is 1.84 bits per heavy atom. The third kappa shape index (κ3) is 7.13. The lowest BCUT2D eigenvalue weighted by molar-refractivity contribution is 0.483. The monoisotopic (exact) mass is 954 g/mol. The van der Waals surface area contributed by atoms with Crippen LogP contribution < -0.4 is 14.5 Å². The van der Waals surface area contributed by atoms with Gasteiger partial charge in [0.2, 0.25) is 0 Å². The molecule has 13 aromatic rings.